The van der Waals surface area contributed by atoms with Gasteiger partial charge in [0.15, 0.2) is 0 Å². The SMILES string of the molecule is Cn1cc(C(C)(O)CNC(=O)C2CC2c2ccco2)cn1. The number of nitrogens with zero attached hydrogens (tertiary/aromatic N) is 2. The number of rotatable bonds is 5. The second-order valence-electron chi connectivity index (χ2n) is 5.86. The molecule has 3 unspecified atom stereocenters. The van der Waals surface area contributed by atoms with Crippen LogP contribution in [0.4, 0.5) is 0 Å². The number of nitrogens with one attached hydrogen (secondary N) is 1. The molecule has 3 rings (SSSR count). The first-order valence-corrected chi connectivity index (χ1v) is 7.00. The molecule has 0 aliphatic heterocycles. The molecule has 0 radical (unpaired) electrons. The third-order valence-corrected chi connectivity index (χ3v) is 3.97. The van der Waals surface area contributed by atoms with Gasteiger partial charge in [-0.25, -0.2) is 0 Å². The highest BCUT2D eigenvalue weighted by atomic mass is 16.3. The quantitative estimate of drug-likeness (QED) is 0.865. The summed E-state index contributed by atoms with van der Waals surface area (Å²) in [6.07, 6.45) is 5.77. The summed E-state index contributed by atoms with van der Waals surface area (Å²) in [5, 5.41) is 17.3. The van der Waals surface area contributed by atoms with Crippen molar-refractivity contribution in [1.82, 2.24) is 15.1 Å². The molecule has 0 spiro atoms. The number of aliphatic hydroxyl groups is 1. The molecule has 6 heteroatoms. The number of amides is 1. The molecular formula is C15H19N3O3. The third kappa shape index (κ3) is 2.85. The van der Waals surface area contributed by atoms with Gasteiger partial charge in [-0.1, -0.05) is 0 Å². The highest BCUT2D eigenvalue weighted by molar-refractivity contribution is 5.82. The topological polar surface area (TPSA) is 80.3 Å². The summed E-state index contributed by atoms with van der Waals surface area (Å²) in [7, 11) is 1.79. The van der Waals surface area contributed by atoms with Crippen LogP contribution in [0.25, 0.3) is 0 Å². The zero-order valence-corrected chi connectivity index (χ0v) is 12.1. The van der Waals surface area contributed by atoms with Crippen molar-refractivity contribution >= 4 is 5.91 Å². The second-order valence-corrected chi connectivity index (χ2v) is 5.86. The van der Waals surface area contributed by atoms with Crippen molar-refractivity contribution in [2.24, 2.45) is 13.0 Å². The molecule has 1 amide bonds. The molecule has 6 nitrogen and oxygen atoms in total. The zero-order chi connectivity index (χ0) is 15.0. The molecule has 1 saturated carbocycles. The van der Waals surface area contributed by atoms with E-state index in [9.17, 15) is 9.90 Å². The fourth-order valence-electron chi connectivity index (χ4n) is 2.49. The molecule has 2 aromatic rings. The highest BCUT2D eigenvalue weighted by Crippen LogP contribution is 2.47. The van der Waals surface area contributed by atoms with Crippen LogP contribution in [0.5, 0.6) is 0 Å². The first kappa shape index (κ1) is 13.9. The van der Waals surface area contributed by atoms with Crippen molar-refractivity contribution < 1.29 is 14.3 Å². The molecular weight excluding hydrogens is 270 g/mol. The van der Waals surface area contributed by atoms with E-state index < -0.39 is 5.60 Å². The van der Waals surface area contributed by atoms with E-state index in [2.05, 4.69) is 10.4 Å². The number of hydrogen-bond acceptors (Lipinski definition) is 4. The first-order valence-electron chi connectivity index (χ1n) is 7.00. The van der Waals surface area contributed by atoms with Gasteiger partial charge in [0.1, 0.15) is 11.4 Å². The molecule has 0 aromatic carbocycles. The van der Waals surface area contributed by atoms with E-state index in [1.165, 1.54) is 0 Å². The number of hydrogen-bond donors (Lipinski definition) is 2. The van der Waals surface area contributed by atoms with Crippen molar-refractivity contribution in [1.29, 1.82) is 0 Å². The third-order valence-electron chi connectivity index (χ3n) is 3.97. The van der Waals surface area contributed by atoms with Gasteiger partial charge in [-0.3, -0.25) is 9.48 Å². The van der Waals surface area contributed by atoms with Crippen LogP contribution in [0.3, 0.4) is 0 Å². The van der Waals surface area contributed by atoms with Gasteiger partial charge in [0.25, 0.3) is 0 Å². The fraction of sp³-hybridized carbons (Fsp3) is 0.467. The van der Waals surface area contributed by atoms with Gasteiger partial charge in [0.05, 0.1) is 19.0 Å². The molecule has 1 aliphatic carbocycles. The Morgan fingerprint density at radius 3 is 3.10 bits per heavy atom. The maximum atomic E-state index is 12.1. The molecule has 2 aromatic heterocycles. The molecule has 0 saturated heterocycles. The van der Waals surface area contributed by atoms with Crippen LogP contribution >= 0.6 is 0 Å². The first-order chi connectivity index (χ1) is 9.97. The van der Waals surface area contributed by atoms with Gasteiger partial charge < -0.3 is 14.8 Å². The minimum atomic E-state index is -1.13. The average Bonchev–Trinajstić information content (AvgIpc) is 2.87. The Morgan fingerprint density at radius 1 is 1.67 bits per heavy atom. The Kier molecular flexibility index (Phi) is 3.33. The molecule has 2 heterocycles. The standard InChI is InChI=1S/C15H19N3O3/c1-15(20,10-7-17-18(2)8-10)9-16-14(19)12-6-11(12)13-4-3-5-21-13/h3-5,7-8,11-12,20H,6,9H2,1-2H3,(H,16,19). The van der Waals surface area contributed by atoms with Crippen LogP contribution in [0.15, 0.2) is 35.2 Å². The highest BCUT2D eigenvalue weighted by Gasteiger charge is 2.46. The van der Waals surface area contributed by atoms with Gasteiger partial charge in [0, 0.05) is 30.6 Å². The largest absolute Gasteiger partial charge is 0.469 e. The van der Waals surface area contributed by atoms with E-state index in [4.69, 9.17) is 4.42 Å². The molecule has 21 heavy (non-hydrogen) atoms. The summed E-state index contributed by atoms with van der Waals surface area (Å²) in [4.78, 5) is 12.1. The minimum absolute atomic E-state index is 0.0411. The molecule has 0 bridgehead atoms. The van der Waals surface area contributed by atoms with Crippen molar-refractivity contribution in [2.45, 2.75) is 24.9 Å². The second kappa shape index (κ2) is 5.04. The fourth-order valence-corrected chi connectivity index (χ4v) is 2.49. The average molecular weight is 289 g/mol. The lowest BCUT2D eigenvalue weighted by Gasteiger charge is -2.22. The van der Waals surface area contributed by atoms with E-state index in [0.717, 1.165) is 12.2 Å². The minimum Gasteiger partial charge on any atom is -0.469 e. The summed E-state index contributed by atoms with van der Waals surface area (Å²) in [5.74, 6) is 0.930. The van der Waals surface area contributed by atoms with Crippen LogP contribution < -0.4 is 5.32 Å². The number of carbonyl (C=O) groups excluding carboxylic acids is 1. The van der Waals surface area contributed by atoms with Crippen LogP contribution in [-0.4, -0.2) is 27.3 Å². The Hall–Kier alpha value is -2.08. The predicted molar refractivity (Wildman–Crippen MR) is 75.3 cm³/mol. The van der Waals surface area contributed by atoms with Crippen LogP contribution in [0.1, 0.15) is 30.6 Å². The predicted octanol–water partition coefficient (Wildman–Crippen LogP) is 1.14. The lowest BCUT2D eigenvalue weighted by atomic mass is 9.99. The monoisotopic (exact) mass is 289 g/mol. The molecule has 1 aliphatic rings. The lowest BCUT2D eigenvalue weighted by molar-refractivity contribution is -0.123. The van der Waals surface area contributed by atoms with E-state index in [1.807, 2.05) is 12.1 Å². The van der Waals surface area contributed by atoms with Crippen molar-refractivity contribution in [3.05, 3.63) is 42.1 Å². The lowest BCUT2D eigenvalue weighted by Crippen LogP contribution is -2.39. The van der Waals surface area contributed by atoms with Crippen LogP contribution in [0.2, 0.25) is 0 Å². The maximum Gasteiger partial charge on any atom is 0.223 e. The van der Waals surface area contributed by atoms with Crippen LogP contribution in [-0.2, 0) is 17.4 Å². The summed E-state index contributed by atoms with van der Waals surface area (Å²) in [6, 6.07) is 3.72. The zero-order valence-electron chi connectivity index (χ0n) is 12.1. The Bertz CT molecular complexity index is 630. The maximum absolute atomic E-state index is 12.1. The van der Waals surface area contributed by atoms with Gasteiger partial charge in [0.2, 0.25) is 5.91 Å². The summed E-state index contributed by atoms with van der Waals surface area (Å²) in [6.45, 7) is 1.83. The van der Waals surface area contributed by atoms with Gasteiger partial charge in [-0.2, -0.15) is 5.10 Å². The van der Waals surface area contributed by atoms with Crippen molar-refractivity contribution in [3.8, 4) is 0 Å². The molecule has 3 atom stereocenters. The van der Waals surface area contributed by atoms with E-state index in [0.29, 0.717) is 5.56 Å². The van der Waals surface area contributed by atoms with E-state index in [-0.39, 0.29) is 24.3 Å². The van der Waals surface area contributed by atoms with E-state index in [1.54, 1.807) is 37.3 Å². The van der Waals surface area contributed by atoms with Gasteiger partial charge in [-0.15, -0.1) is 0 Å². The smallest absolute Gasteiger partial charge is 0.223 e. The Labute approximate surface area is 122 Å². The molecule has 2 N–H and O–H groups in total. The van der Waals surface area contributed by atoms with Gasteiger partial charge >= 0.3 is 0 Å². The number of carbonyl (C=O) groups is 1. The number of aryl methyl sites for hydroxylation is 1. The normalized spacial score (nSPS) is 23.6. The van der Waals surface area contributed by atoms with Gasteiger partial charge in [-0.05, 0) is 25.5 Å². The molecule has 1 fully saturated rings. The summed E-state index contributed by atoms with van der Waals surface area (Å²) >= 11 is 0. The van der Waals surface area contributed by atoms with E-state index >= 15 is 0 Å². The number of aromatic nitrogens is 2. The summed E-state index contributed by atoms with van der Waals surface area (Å²) in [5.41, 5.74) is -0.442. The molecule has 112 valence electrons. The van der Waals surface area contributed by atoms with Crippen molar-refractivity contribution in [2.75, 3.05) is 6.54 Å². The Morgan fingerprint density at radius 2 is 2.48 bits per heavy atom. The van der Waals surface area contributed by atoms with Crippen LogP contribution in [0, 0.1) is 5.92 Å². The Balaban J connectivity index is 1.55. The van der Waals surface area contributed by atoms with Crippen molar-refractivity contribution in [3.63, 3.8) is 0 Å². The summed E-state index contributed by atoms with van der Waals surface area (Å²) < 4.78 is 6.94. The number of furan rings is 1.